The van der Waals surface area contributed by atoms with Crippen molar-refractivity contribution in [3.05, 3.63) is 58.7 Å². The lowest BCUT2D eigenvalue weighted by Gasteiger charge is -2.24. The van der Waals surface area contributed by atoms with Gasteiger partial charge >= 0.3 is 6.18 Å². The Morgan fingerprint density at radius 3 is 2.35 bits per heavy atom. The van der Waals surface area contributed by atoms with E-state index in [4.69, 9.17) is 0 Å². The first-order valence-electron chi connectivity index (χ1n) is 6.97. The smallest absolute Gasteiger partial charge is 0.416 e. The lowest BCUT2D eigenvalue weighted by Crippen LogP contribution is -2.32. The Balaban J connectivity index is 2.18. The zero-order chi connectivity index (χ0) is 17.0. The van der Waals surface area contributed by atoms with Crippen LogP contribution >= 0.6 is 0 Å². The molecule has 1 heterocycles. The van der Waals surface area contributed by atoms with E-state index in [0.29, 0.717) is 11.1 Å². The van der Waals surface area contributed by atoms with Crippen LogP contribution < -0.4 is 5.32 Å². The summed E-state index contributed by atoms with van der Waals surface area (Å²) >= 11 is 0. The summed E-state index contributed by atoms with van der Waals surface area (Å²) in [5.74, 6) is -0.527. The molecule has 2 aromatic rings. The number of aromatic hydroxyl groups is 1. The van der Waals surface area contributed by atoms with Crippen LogP contribution in [0.2, 0.25) is 0 Å². The fourth-order valence-corrected chi connectivity index (χ4v) is 2.96. The maximum atomic E-state index is 12.8. The number of nitrogens with one attached hydrogen (secondary N) is 1. The van der Waals surface area contributed by atoms with E-state index in [1.165, 1.54) is 12.1 Å². The molecule has 3 nitrogen and oxygen atoms in total. The van der Waals surface area contributed by atoms with Crippen molar-refractivity contribution in [3.63, 3.8) is 0 Å². The Morgan fingerprint density at radius 2 is 1.74 bits per heavy atom. The van der Waals surface area contributed by atoms with Gasteiger partial charge in [0.05, 0.1) is 5.56 Å². The Bertz CT molecular complexity index is 814. The Hall–Kier alpha value is -2.50. The Labute approximate surface area is 130 Å². The molecule has 1 aliphatic heterocycles. The Kier molecular flexibility index (Phi) is 3.18. The highest BCUT2D eigenvalue weighted by molar-refractivity contribution is 6.08. The molecule has 0 fully saturated rings. The van der Waals surface area contributed by atoms with Gasteiger partial charge in [0, 0.05) is 11.3 Å². The van der Waals surface area contributed by atoms with Crippen LogP contribution in [0.4, 0.5) is 18.9 Å². The molecule has 0 aliphatic carbocycles. The third kappa shape index (κ3) is 2.25. The fourth-order valence-electron chi connectivity index (χ4n) is 2.96. The molecule has 2 N–H and O–H groups in total. The summed E-state index contributed by atoms with van der Waals surface area (Å²) in [6.45, 7) is 3.38. The van der Waals surface area contributed by atoms with E-state index in [-0.39, 0.29) is 11.4 Å². The summed E-state index contributed by atoms with van der Waals surface area (Å²) in [6.07, 6.45) is -4.48. The van der Waals surface area contributed by atoms with Crippen LogP contribution in [0.3, 0.4) is 0 Å². The minimum absolute atomic E-state index is 0.0598. The molecule has 0 bridgehead atoms. The van der Waals surface area contributed by atoms with Gasteiger partial charge in [-0.15, -0.1) is 0 Å². The summed E-state index contributed by atoms with van der Waals surface area (Å²) in [5.41, 5.74) is -0.354. The van der Waals surface area contributed by atoms with Crippen molar-refractivity contribution in [1.82, 2.24) is 0 Å². The fraction of sp³-hybridized carbons (Fsp3) is 0.235. The highest BCUT2D eigenvalue weighted by atomic mass is 19.4. The van der Waals surface area contributed by atoms with E-state index in [2.05, 4.69) is 5.32 Å². The van der Waals surface area contributed by atoms with Crippen molar-refractivity contribution < 1.29 is 23.1 Å². The third-order valence-corrected chi connectivity index (χ3v) is 4.28. The zero-order valence-electron chi connectivity index (χ0n) is 12.5. The number of halogens is 3. The molecule has 120 valence electrons. The number of aryl methyl sites for hydroxylation is 1. The van der Waals surface area contributed by atoms with Gasteiger partial charge < -0.3 is 10.4 Å². The van der Waals surface area contributed by atoms with Gasteiger partial charge in [-0.1, -0.05) is 18.2 Å². The molecule has 0 unspecified atom stereocenters. The number of carbonyl (C=O) groups excluding carboxylic acids is 1. The van der Waals surface area contributed by atoms with E-state index in [1.807, 2.05) is 0 Å². The molecule has 23 heavy (non-hydrogen) atoms. The van der Waals surface area contributed by atoms with Crippen LogP contribution in [-0.4, -0.2) is 11.0 Å². The van der Waals surface area contributed by atoms with Crippen LogP contribution in [0.15, 0.2) is 36.4 Å². The molecular formula is C17H14F3NO2. The number of rotatable bonds is 1. The number of hydrogen-bond donors (Lipinski definition) is 2. The number of anilines is 1. The van der Waals surface area contributed by atoms with Gasteiger partial charge in [0.1, 0.15) is 11.2 Å². The van der Waals surface area contributed by atoms with Crippen molar-refractivity contribution >= 4 is 11.6 Å². The van der Waals surface area contributed by atoms with Crippen molar-refractivity contribution in [2.24, 2.45) is 0 Å². The second kappa shape index (κ2) is 4.75. The first-order chi connectivity index (χ1) is 10.6. The van der Waals surface area contributed by atoms with E-state index in [0.717, 1.165) is 17.7 Å². The van der Waals surface area contributed by atoms with Gasteiger partial charge in [0.2, 0.25) is 5.91 Å². The van der Waals surface area contributed by atoms with Gasteiger partial charge in [-0.05, 0) is 43.2 Å². The summed E-state index contributed by atoms with van der Waals surface area (Å²) in [5, 5.41) is 12.7. The van der Waals surface area contributed by atoms with E-state index in [1.54, 1.807) is 26.0 Å². The number of alkyl halides is 3. The molecule has 0 saturated carbocycles. The number of phenolic OH excluding ortho intramolecular Hbond substituents is 1. The van der Waals surface area contributed by atoms with Gasteiger partial charge in [-0.25, -0.2) is 0 Å². The standard InChI is InChI=1S/C17H14F3NO2/c1-9-3-5-12(14(22)7-9)16(2)11-6-4-10(17(18,19)20)8-13(11)21-15(16)23/h3-8,22H,1-2H3,(H,21,23)/t16-/m0/s1. The van der Waals surface area contributed by atoms with Gasteiger partial charge in [0.25, 0.3) is 0 Å². The minimum atomic E-state index is -4.48. The summed E-state index contributed by atoms with van der Waals surface area (Å²) < 4.78 is 38.5. The molecule has 1 amide bonds. The molecule has 1 aliphatic rings. The second-order valence-corrected chi connectivity index (χ2v) is 5.86. The molecule has 1 atom stereocenters. The molecule has 2 aromatic carbocycles. The maximum Gasteiger partial charge on any atom is 0.416 e. The summed E-state index contributed by atoms with van der Waals surface area (Å²) in [4.78, 5) is 12.4. The largest absolute Gasteiger partial charge is 0.508 e. The Morgan fingerprint density at radius 1 is 1.09 bits per heavy atom. The van der Waals surface area contributed by atoms with Crippen LogP contribution in [-0.2, 0) is 16.4 Å². The lowest BCUT2D eigenvalue weighted by molar-refractivity contribution is -0.137. The molecule has 3 rings (SSSR count). The SMILES string of the molecule is Cc1ccc([C@@]2(C)C(=O)Nc3cc(C(F)(F)F)ccc32)c(O)c1. The number of hydrogen-bond acceptors (Lipinski definition) is 2. The number of phenols is 1. The topological polar surface area (TPSA) is 49.3 Å². The second-order valence-electron chi connectivity index (χ2n) is 5.86. The quantitative estimate of drug-likeness (QED) is 0.835. The number of fused-ring (bicyclic) bond motifs is 1. The molecule has 0 radical (unpaired) electrons. The monoisotopic (exact) mass is 321 g/mol. The van der Waals surface area contributed by atoms with Crippen LogP contribution in [0.25, 0.3) is 0 Å². The molecule has 0 saturated heterocycles. The zero-order valence-corrected chi connectivity index (χ0v) is 12.5. The molecule has 0 aromatic heterocycles. The lowest BCUT2D eigenvalue weighted by atomic mass is 9.76. The first kappa shape index (κ1) is 15.4. The number of benzene rings is 2. The highest BCUT2D eigenvalue weighted by Crippen LogP contribution is 2.47. The van der Waals surface area contributed by atoms with Crippen LogP contribution in [0, 0.1) is 6.92 Å². The van der Waals surface area contributed by atoms with Crippen LogP contribution in [0.1, 0.15) is 29.2 Å². The van der Waals surface area contributed by atoms with Gasteiger partial charge in [0.15, 0.2) is 0 Å². The predicted octanol–water partition coefficient (Wildman–Crippen LogP) is 3.98. The van der Waals surface area contributed by atoms with E-state index in [9.17, 15) is 23.1 Å². The summed E-state index contributed by atoms with van der Waals surface area (Å²) in [7, 11) is 0. The number of carbonyl (C=O) groups is 1. The number of amides is 1. The van der Waals surface area contributed by atoms with Gasteiger partial charge in [-0.2, -0.15) is 13.2 Å². The van der Waals surface area contributed by atoms with E-state index < -0.39 is 23.1 Å². The summed E-state index contributed by atoms with van der Waals surface area (Å²) in [6, 6.07) is 8.05. The minimum Gasteiger partial charge on any atom is -0.508 e. The van der Waals surface area contributed by atoms with Crippen molar-refractivity contribution in [2.75, 3.05) is 5.32 Å². The molecule has 6 heteroatoms. The molecular weight excluding hydrogens is 307 g/mol. The van der Waals surface area contributed by atoms with Crippen LogP contribution in [0.5, 0.6) is 5.75 Å². The average Bonchev–Trinajstić information content (AvgIpc) is 2.69. The molecule has 0 spiro atoms. The maximum absolute atomic E-state index is 12.8. The predicted molar refractivity (Wildman–Crippen MR) is 79.4 cm³/mol. The van der Waals surface area contributed by atoms with Gasteiger partial charge in [-0.3, -0.25) is 4.79 Å². The normalized spacial score (nSPS) is 20.3. The highest BCUT2D eigenvalue weighted by Gasteiger charge is 2.46. The van der Waals surface area contributed by atoms with Crippen molar-refractivity contribution in [2.45, 2.75) is 25.4 Å². The average molecular weight is 321 g/mol. The first-order valence-corrected chi connectivity index (χ1v) is 6.97. The van der Waals surface area contributed by atoms with Crippen molar-refractivity contribution in [1.29, 1.82) is 0 Å². The van der Waals surface area contributed by atoms with E-state index >= 15 is 0 Å². The van der Waals surface area contributed by atoms with Crippen molar-refractivity contribution in [3.8, 4) is 5.75 Å². The third-order valence-electron chi connectivity index (χ3n) is 4.28.